The number of benzene rings is 1. The first-order chi connectivity index (χ1) is 16.5. The molecule has 9 heteroatoms. The molecule has 6 rings (SSSR count). The number of likely N-dealkylation sites (tertiary alicyclic amines) is 1. The number of anilines is 1. The molecule has 2 fully saturated rings. The molecule has 1 aliphatic carbocycles. The number of alkyl halides is 2. The molecule has 1 aromatic carbocycles. The summed E-state index contributed by atoms with van der Waals surface area (Å²) in [6.07, 6.45) is 7.59. The van der Waals surface area contributed by atoms with E-state index in [-0.39, 0.29) is 24.9 Å². The number of rotatable bonds is 5. The number of aromatic nitrogens is 3. The summed E-state index contributed by atoms with van der Waals surface area (Å²) in [7, 11) is 1.62. The third-order valence-electron chi connectivity index (χ3n) is 7.28. The first-order valence-electron chi connectivity index (χ1n) is 12.0. The number of aliphatic imine (C=N–C) groups is 1. The van der Waals surface area contributed by atoms with Crippen LogP contribution in [0.1, 0.15) is 37.7 Å². The van der Waals surface area contributed by atoms with E-state index < -0.39 is 5.92 Å². The van der Waals surface area contributed by atoms with Crippen LogP contribution in [0.5, 0.6) is 5.88 Å². The van der Waals surface area contributed by atoms with Gasteiger partial charge in [-0.15, -0.1) is 5.10 Å². The van der Waals surface area contributed by atoms with E-state index in [1.165, 1.54) is 5.56 Å². The molecule has 0 amide bonds. The molecule has 0 bridgehead atoms. The Kier molecular flexibility index (Phi) is 5.24. The predicted octanol–water partition coefficient (Wildman–Crippen LogP) is 4.73. The van der Waals surface area contributed by atoms with E-state index >= 15 is 0 Å². The largest absolute Gasteiger partial charge is 0.479 e. The van der Waals surface area contributed by atoms with Gasteiger partial charge in [0.1, 0.15) is 5.52 Å². The number of nitrogens with one attached hydrogen (secondary N) is 1. The third-order valence-corrected chi connectivity index (χ3v) is 7.28. The lowest BCUT2D eigenvalue weighted by molar-refractivity contribution is -0.127. The fourth-order valence-corrected chi connectivity index (χ4v) is 5.37. The van der Waals surface area contributed by atoms with Gasteiger partial charge in [-0.1, -0.05) is 6.07 Å². The van der Waals surface area contributed by atoms with E-state index in [1.54, 1.807) is 7.11 Å². The van der Waals surface area contributed by atoms with Crippen molar-refractivity contribution < 1.29 is 13.5 Å². The second-order valence-corrected chi connectivity index (χ2v) is 9.53. The van der Waals surface area contributed by atoms with Crippen LogP contribution in [-0.2, 0) is 6.42 Å². The zero-order chi connectivity index (χ0) is 23.3. The molecule has 1 saturated heterocycles. The van der Waals surface area contributed by atoms with Crippen LogP contribution in [0, 0.1) is 0 Å². The standard InChI is InChI=1S/C25H28F2N6O/c1-34-23-22-20(16-4-5-21-17(13-16)3-2-9-28-21)8-12-33(22)31-24(30-23)29-18-6-10-32(11-7-18)19-14-25(26,27)15-19/h4-5,8-9,12-13,18-19H,2-3,6-7,10-11,14-15H2,1H3,(H,29,31). The monoisotopic (exact) mass is 466 g/mol. The molecule has 34 heavy (non-hydrogen) atoms. The van der Waals surface area contributed by atoms with Crippen molar-refractivity contribution in [2.45, 2.75) is 56.5 Å². The van der Waals surface area contributed by atoms with Gasteiger partial charge < -0.3 is 10.1 Å². The Bertz CT molecular complexity index is 1240. The van der Waals surface area contributed by atoms with Crippen LogP contribution < -0.4 is 10.1 Å². The number of halogens is 2. The lowest BCUT2D eigenvalue weighted by atomic mass is 9.85. The van der Waals surface area contributed by atoms with Crippen LogP contribution in [0.4, 0.5) is 20.4 Å². The molecule has 0 radical (unpaired) electrons. The molecule has 4 heterocycles. The van der Waals surface area contributed by atoms with Crippen molar-refractivity contribution in [3.63, 3.8) is 0 Å². The summed E-state index contributed by atoms with van der Waals surface area (Å²) >= 11 is 0. The van der Waals surface area contributed by atoms with Crippen molar-refractivity contribution in [3.8, 4) is 17.0 Å². The second kappa shape index (κ2) is 8.30. The number of ether oxygens (including phenoxy) is 1. The molecule has 0 unspecified atom stereocenters. The highest BCUT2D eigenvalue weighted by Gasteiger charge is 2.48. The van der Waals surface area contributed by atoms with Crippen molar-refractivity contribution in [3.05, 3.63) is 36.0 Å². The van der Waals surface area contributed by atoms with E-state index in [2.05, 4.69) is 38.4 Å². The average Bonchev–Trinajstić information content (AvgIpc) is 3.26. The van der Waals surface area contributed by atoms with Crippen molar-refractivity contribution in [1.29, 1.82) is 0 Å². The maximum atomic E-state index is 13.2. The van der Waals surface area contributed by atoms with Crippen LogP contribution in [-0.4, -0.2) is 63.9 Å². The number of hydrogen-bond donors (Lipinski definition) is 1. The fourth-order valence-electron chi connectivity index (χ4n) is 5.37. The molecule has 0 atom stereocenters. The second-order valence-electron chi connectivity index (χ2n) is 9.53. The van der Waals surface area contributed by atoms with Crippen molar-refractivity contribution in [2.75, 3.05) is 25.5 Å². The minimum Gasteiger partial charge on any atom is -0.479 e. The first-order valence-corrected chi connectivity index (χ1v) is 12.0. The van der Waals surface area contributed by atoms with Gasteiger partial charge in [-0.2, -0.15) is 4.98 Å². The topological polar surface area (TPSA) is 67.0 Å². The molecule has 3 aliphatic rings. The van der Waals surface area contributed by atoms with Gasteiger partial charge in [0.05, 0.1) is 12.8 Å². The van der Waals surface area contributed by atoms with Gasteiger partial charge in [-0.25, -0.2) is 13.3 Å². The summed E-state index contributed by atoms with van der Waals surface area (Å²) in [6, 6.07) is 8.60. The summed E-state index contributed by atoms with van der Waals surface area (Å²) in [6.45, 7) is 1.63. The molecule has 1 N–H and O–H groups in total. The van der Waals surface area contributed by atoms with Crippen LogP contribution >= 0.6 is 0 Å². The van der Waals surface area contributed by atoms with E-state index in [4.69, 9.17) is 9.84 Å². The number of nitrogens with zero attached hydrogens (tertiary/aromatic N) is 5. The van der Waals surface area contributed by atoms with Gasteiger partial charge in [-0.05, 0) is 55.0 Å². The minimum absolute atomic E-state index is 0.00450. The SMILES string of the molecule is COc1nc(NC2CCN(C3CC(F)(F)C3)CC2)nn2ccc(-c3ccc4c(c3)CCC=N4)c12. The zero-order valence-electron chi connectivity index (χ0n) is 19.2. The lowest BCUT2D eigenvalue weighted by Crippen LogP contribution is -2.54. The molecule has 1 saturated carbocycles. The number of methoxy groups -OCH3 is 1. The first kappa shape index (κ1) is 21.5. The Labute approximate surface area is 196 Å². The summed E-state index contributed by atoms with van der Waals surface area (Å²) in [5.74, 6) is -1.44. The lowest BCUT2D eigenvalue weighted by Gasteiger charge is -2.45. The summed E-state index contributed by atoms with van der Waals surface area (Å²) < 4.78 is 33.9. The average molecular weight is 467 g/mol. The zero-order valence-corrected chi connectivity index (χ0v) is 19.2. The molecule has 3 aromatic rings. The van der Waals surface area contributed by atoms with Crippen molar-refractivity contribution >= 4 is 23.4 Å². The maximum Gasteiger partial charge on any atom is 0.251 e. The number of aryl methyl sites for hydroxylation is 1. The van der Waals surface area contributed by atoms with Gasteiger partial charge >= 0.3 is 0 Å². The van der Waals surface area contributed by atoms with Crippen molar-refractivity contribution in [2.24, 2.45) is 4.99 Å². The maximum absolute atomic E-state index is 13.2. The molecule has 7 nitrogen and oxygen atoms in total. The summed E-state index contributed by atoms with van der Waals surface area (Å²) in [4.78, 5) is 11.3. The van der Waals surface area contributed by atoms with E-state index in [0.717, 1.165) is 61.1 Å². The Hall–Kier alpha value is -3.07. The van der Waals surface area contributed by atoms with Gasteiger partial charge in [-0.3, -0.25) is 9.89 Å². The minimum atomic E-state index is -2.47. The molecular weight excluding hydrogens is 438 g/mol. The highest BCUT2D eigenvalue weighted by atomic mass is 19.3. The Morgan fingerprint density at radius 3 is 2.74 bits per heavy atom. The third kappa shape index (κ3) is 3.91. The van der Waals surface area contributed by atoms with Gasteiger partial charge in [0.15, 0.2) is 0 Å². The molecule has 2 aliphatic heterocycles. The van der Waals surface area contributed by atoms with Crippen LogP contribution in [0.25, 0.3) is 16.6 Å². The molecule has 2 aromatic heterocycles. The Morgan fingerprint density at radius 2 is 1.97 bits per heavy atom. The Balaban J connectivity index is 1.20. The molecule has 0 spiro atoms. The quantitative estimate of drug-likeness (QED) is 0.589. The molecular formula is C25H28F2N6O. The van der Waals surface area contributed by atoms with E-state index in [9.17, 15) is 8.78 Å². The highest BCUT2D eigenvalue weighted by Crippen LogP contribution is 2.41. The van der Waals surface area contributed by atoms with Crippen molar-refractivity contribution in [1.82, 2.24) is 19.5 Å². The smallest absolute Gasteiger partial charge is 0.251 e. The molecule has 178 valence electrons. The number of piperidine rings is 1. The fraction of sp³-hybridized carbons (Fsp3) is 0.480. The van der Waals surface area contributed by atoms with Crippen LogP contribution in [0.2, 0.25) is 0 Å². The Morgan fingerprint density at radius 1 is 1.15 bits per heavy atom. The van der Waals surface area contributed by atoms with Gasteiger partial charge in [0, 0.05) is 56.0 Å². The normalized spacial score (nSPS) is 20.8. The van der Waals surface area contributed by atoms with Crippen LogP contribution in [0.15, 0.2) is 35.5 Å². The van der Waals surface area contributed by atoms with E-state index in [0.29, 0.717) is 11.8 Å². The predicted molar refractivity (Wildman–Crippen MR) is 128 cm³/mol. The van der Waals surface area contributed by atoms with Gasteiger partial charge in [0.2, 0.25) is 11.8 Å². The number of hydrogen-bond acceptors (Lipinski definition) is 6. The van der Waals surface area contributed by atoms with Gasteiger partial charge in [0.25, 0.3) is 5.92 Å². The van der Waals surface area contributed by atoms with Crippen LogP contribution in [0.3, 0.4) is 0 Å². The summed E-state index contributed by atoms with van der Waals surface area (Å²) in [5, 5.41) is 8.13. The highest BCUT2D eigenvalue weighted by molar-refractivity contribution is 5.86. The summed E-state index contributed by atoms with van der Waals surface area (Å²) in [5.41, 5.74) is 5.22. The number of fused-ring (bicyclic) bond motifs is 2. The van der Waals surface area contributed by atoms with E-state index in [1.807, 2.05) is 23.0 Å².